The fraction of sp³-hybridized carbons (Fsp3) is 0.600. The summed E-state index contributed by atoms with van der Waals surface area (Å²) < 4.78 is 4.93. The number of rotatable bonds is 5. The number of carbonyl (C=O) groups is 2. The Hall–Kier alpha value is -1.40. The van der Waals surface area contributed by atoms with Crippen LogP contribution in [0.3, 0.4) is 0 Å². The molecule has 0 aromatic carbocycles. The lowest BCUT2D eigenvalue weighted by atomic mass is 9.89. The van der Waals surface area contributed by atoms with Crippen molar-refractivity contribution in [3.8, 4) is 0 Å². The molecule has 2 amide bonds. The van der Waals surface area contributed by atoms with E-state index in [2.05, 4.69) is 5.32 Å². The normalized spacial score (nSPS) is 21.6. The Kier molecular flexibility index (Phi) is 5.00. The molecule has 1 atom stereocenters. The number of aryl methyl sites for hydroxylation is 1. The highest BCUT2D eigenvalue weighted by molar-refractivity contribution is 7.12. The van der Waals surface area contributed by atoms with E-state index < -0.39 is 5.41 Å². The first kappa shape index (κ1) is 16.0. The second-order valence-corrected chi connectivity index (χ2v) is 6.63. The quantitative estimate of drug-likeness (QED) is 0.842. The smallest absolute Gasteiger partial charge is 0.264 e. The van der Waals surface area contributed by atoms with Gasteiger partial charge in [0.1, 0.15) is 0 Å². The van der Waals surface area contributed by atoms with Gasteiger partial charge >= 0.3 is 0 Å². The fourth-order valence-electron chi connectivity index (χ4n) is 2.54. The van der Waals surface area contributed by atoms with E-state index in [1.54, 1.807) is 12.0 Å². The minimum absolute atomic E-state index is 0.00208. The second kappa shape index (κ2) is 6.58. The van der Waals surface area contributed by atoms with Gasteiger partial charge in [-0.1, -0.05) is 0 Å². The summed E-state index contributed by atoms with van der Waals surface area (Å²) >= 11 is 1.46. The lowest BCUT2D eigenvalue weighted by Gasteiger charge is -2.23. The van der Waals surface area contributed by atoms with Crippen LogP contribution in [0.1, 0.15) is 28.6 Å². The third kappa shape index (κ3) is 3.44. The molecule has 116 valence electrons. The highest BCUT2D eigenvalue weighted by atomic mass is 32.1. The monoisotopic (exact) mass is 310 g/mol. The van der Waals surface area contributed by atoms with Crippen LogP contribution in [0.4, 0.5) is 0 Å². The number of ether oxygens (including phenoxy) is 1. The predicted octanol–water partition coefficient (Wildman–Crippen LogP) is 1.67. The van der Waals surface area contributed by atoms with Crippen molar-refractivity contribution in [1.82, 2.24) is 10.2 Å². The van der Waals surface area contributed by atoms with Crippen molar-refractivity contribution in [3.05, 3.63) is 21.9 Å². The predicted molar refractivity (Wildman–Crippen MR) is 82.6 cm³/mol. The second-order valence-electron chi connectivity index (χ2n) is 5.72. The zero-order valence-corrected chi connectivity index (χ0v) is 13.6. The molecule has 2 heterocycles. The van der Waals surface area contributed by atoms with Crippen LogP contribution in [0, 0.1) is 12.3 Å². The lowest BCUT2D eigenvalue weighted by Crippen LogP contribution is -2.42. The maximum absolute atomic E-state index is 12.5. The molecule has 0 saturated carbocycles. The van der Waals surface area contributed by atoms with Crippen LogP contribution in [-0.4, -0.2) is 50.1 Å². The van der Waals surface area contributed by atoms with E-state index >= 15 is 0 Å². The summed E-state index contributed by atoms with van der Waals surface area (Å²) in [5.41, 5.74) is 0.498. The van der Waals surface area contributed by atoms with Gasteiger partial charge in [0.05, 0.1) is 16.9 Å². The van der Waals surface area contributed by atoms with E-state index in [0.29, 0.717) is 32.7 Å². The molecule has 6 heteroatoms. The van der Waals surface area contributed by atoms with Crippen LogP contribution in [-0.2, 0) is 9.53 Å². The van der Waals surface area contributed by atoms with Crippen molar-refractivity contribution in [2.24, 2.45) is 5.41 Å². The summed E-state index contributed by atoms with van der Waals surface area (Å²) in [6.07, 6.45) is 0.696. The SMILES string of the molecule is COCCNC(=O)C1(C)CCN(C(=O)c2sccc2C)C1. The Morgan fingerprint density at radius 2 is 2.29 bits per heavy atom. The van der Waals surface area contributed by atoms with Crippen molar-refractivity contribution in [2.75, 3.05) is 33.4 Å². The van der Waals surface area contributed by atoms with E-state index in [4.69, 9.17) is 4.74 Å². The van der Waals surface area contributed by atoms with Crippen LogP contribution >= 0.6 is 11.3 Å². The molecule has 0 bridgehead atoms. The van der Waals surface area contributed by atoms with Crippen LogP contribution < -0.4 is 5.32 Å². The van der Waals surface area contributed by atoms with Gasteiger partial charge in [0, 0.05) is 26.7 Å². The summed E-state index contributed by atoms with van der Waals surface area (Å²) in [5.74, 6) is 0.0358. The number of thiophene rings is 1. The first-order valence-electron chi connectivity index (χ1n) is 7.08. The number of nitrogens with zero attached hydrogens (tertiary/aromatic N) is 1. The van der Waals surface area contributed by atoms with Crippen molar-refractivity contribution in [2.45, 2.75) is 20.3 Å². The molecule has 1 aliphatic heterocycles. The zero-order valence-electron chi connectivity index (χ0n) is 12.8. The first-order valence-corrected chi connectivity index (χ1v) is 7.96. The maximum Gasteiger partial charge on any atom is 0.264 e. The number of likely N-dealkylation sites (tertiary alicyclic amines) is 1. The van der Waals surface area contributed by atoms with Crippen molar-refractivity contribution >= 4 is 23.2 Å². The Morgan fingerprint density at radius 1 is 1.52 bits per heavy atom. The van der Waals surface area contributed by atoms with Gasteiger partial charge in [-0.15, -0.1) is 11.3 Å². The van der Waals surface area contributed by atoms with Gasteiger partial charge in [-0.3, -0.25) is 9.59 Å². The Bertz CT molecular complexity index is 529. The van der Waals surface area contributed by atoms with Crippen LogP contribution in [0.15, 0.2) is 11.4 Å². The standard InChI is InChI=1S/C15H22N2O3S/c1-11-4-9-21-12(11)13(18)17-7-5-15(2,10-17)14(19)16-6-8-20-3/h4,9H,5-8,10H2,1-3H3,(H,16,19). The average molecular weight is 310 g/mol. The van der Waals surface area contributed by atoms with Crippen LogP contribution in [0.25, 0.3) is 0 Å². The molecule has 1 saturated heterocycles. The highest BCUT2D eigenvalue weighted by Gasteiger charge is 2.42. The van der Waals surface area contributed by atoms with E-state index in [9.17, 15) is 9.59 Å². The third-order valence-corrected chi connectivity index (χ3v) is 4.96. The van der Waals surface area contributed by atoms with Gasteiger partial charge < -0.3 is 15.0 Å². The molecular weight excluding hydrogens is 288 g/mol. The number of amides is 2. The molecule has 0 radical (unpaired) electrons. The number of carbonyl (C=O) groups excluding carboxylic acids is 2. The van der Waals surface area contributed by atoms with Gasteiger partial charge in [0.15, 0.2) is 0 Å². The van der Waals surface area contributed by atoms with Crippen LogP contribution in [0.2, 0.25) is 0 Å². The molecule has 1 aliphatic rings. The molecule has 5 nitrogen and oxygen atoms in total. The molecule has 21 heavy (non-hydrogen) atoms. The summed E-state index contributed by atoms with van der Waals surface area (Å²) in [7, 11) is 1.60. The van der Waals surface area contributed by atoms with Crippen molar-refractivity contribution < 1.29 is 14.3 Å². The Labute approximate surface area is 129 Å². The summed E-state index contributed by atoms with van der Waals surface area (Å²) in [5, 5.41) is 4.80. The van der Waals surface area contributed by atoms with Gasteiger partial charge in [-0.05, 0) is 37.3 Å². The molecule has 1 N–H and O–H groups in total. The van der Waals surface area contributed by atoms with E-state index in [-0.39, 0.29) is 11.8 Å². The Balaban J connectivity index is 1.97. The largest absolute Gasteiger partial charge is 0.383 e. The van der Waals surface area contributed by atoms with Crippen molar-refractivity contribution in [3.63, 3.8) is 0 Å². The lowest BCUT2D eigenvalue weighted by molar-refractivity contribution is -0.129. The summed E-state index contributed by atoms with van der Waals surface area (Å²) in [4.78, 5) is 27.3. The van der Waals surface area contributed by atoms with Crippen LogP contribution in [0.5, 0.6) is 0 Å². The minimum atomic E-state index is -0.505. The molecule has 1 unspecified atom stereocenters. The summed E-state index contributed by atoms with van der Waals surface area (Å²) in [6.45, 7) is 5.97. The molecule has 2 rings (SSSR count). The van der Waals surface area contributed by atoms with Crippen molar-refractivity contribution in [1.29, 1.82) is 0 Å². The van der Waals surface area contributed by atoms with Gasteiger partial charge in [0.2, 0.25) is 5.91 Å². The number of hydrogen-bond donors (Lipinski definition) is 1. The van der Waals surface area contributed by atoms with E-state index in [1.165, 1.54) is 11.3 Å². The fourth-order valence-corrected chi connectivity index (χ4v) is 3.43. The average Bonchev–Trinajstić information content (AvgIpc) is 3.05. The molecule has 1 aromatic rings. The molecule has 1 fully saturated rings. The molecule has 0 spiro atoms. The highest BCUT2D eigenvalue weighted by Crippen LogP contribution is 2.32. The molecule has 0 aliphatic carbocycles. The number of hydrogen-bond acceptors (Lipinski definition) is 4. The van der Waals surface area contributed by atoms with E-state index in [1.807, 2.05) is 25.3 Å². The molecule has 1 aromatic heterocycles. The Morgan fingerprint density at radius 3 is 2.90 bits per heavy atom. The maximum atomic E-state index is 12.5. The van der Waals surface area contributed by atoms with Gasteiger partial charge in [-0.2, -0.15) is 0 Å². The van der Waals surface area contributed by atoms with Gasteiger partial charge in [-0.25, -0.2) is 0 Å². The number of nitrogens with one attached hydrogen (secondary N) is 1. The summed E-state index contributed by atoms with van der Waals surface area (Å²) in [6, 6.07) is 1.95. The number of methoxy groups -OCH3 is 1. The minimum Gasteiger partial charge on any atom is -0.383 e. The zero-order chi connectivity index (χ0) is 15.5. The third-order valence-electron chi connectivity index (χ3n) is 3.96. The topological polar surface area (TPSA) is 58.6 Å². The first-order chi connectivity index (χ1) is 9.98. The van der Waals surface area contributed by atoms with E-state index in [0.717, 1.165) is 10.4 Å². The molecular formula is C15H22N2O3S. The van der Waals surface area contributed by atoms with Gasteiger partial charge in [0.25, 0.3) is 5.91 Å².